The first-order valence-electron chi connectivity index (χ1n) is 6.71. The van der Waals surface area contributed by atoms with Crippen molar-refractivity contribution >= 4 is 29.1 Å². The largest absolute Gasteiger partial charge is 0.398 e. The molecule has 1 aliphatic rings. The van der Waals surface area contributed by atoms with Gasteiger partial charge in [0.1, 0.15) is 6.04 Å². The molecule has 0 bridgehead atoms. The monoisotopic (exact) mass is 311 g/mol. The lowest BCUT2D eigenvalue weighted by Gasteiger charge is -2.29. The zero-order valence-corrected chi connectivity index (χ0v) is 12.5. The average molecular weight is 312 g/mol. The number of hydrogen-bond acceptors (Lipinski definition) is 4. The highest BCUT2D eigenvalue weighted by molar-refractivity contribution is 6.33. The van der Waals surface area contributed by atoms with Crippen LogP contribution in [0.3, 0.4) is 0 Å². The van der Waals surface area contributed by atoms with Gasteiger partial charge in [-0.25, -0.2) is 0 Å². The highest BCUT2D eigenvalue weighted by Crippen LogP contribution is 2.19. The number of nitrogens with two attached hydrogens (primary N) is 1. The van der Waals surface area contributed by atoms with Gasteiger partial charge < -0.3 is 20.7 Å². The van der Waals surface area contributed by atoms with Gasteiger partial charge in [0.15, 0.2) is 0 Å². The predicted molar refractivity (Wildman–Crippen MR) is 80.2 cm³/mol. The van der Waals surface area contributed by atoms with Crippen LogP contribution < -0.4 is 11.1 Å². The smallest absolute Gasteiger partial charge is 0.251 e. The number of amides is 2. The second-order valence-corrected chi connectivity index (χ2v) is 5.28. The maximum absolute atomic E-state index is 12.2. The Morgan fingerprint density at radius 3 is 2.67 bits per heavy atom. The number of benzene rings is 1. The number of nitrogens with zero attached hydrogens (tertiary/aromatic N) is 1. The summed E-state index contributed by atoms with van der Waals surface area (Å²) in [5, 5.41) is 2.98. The van der Waals surface area contributed by atoms with Crippen LogP contribution in [0.5, 0.6) is 0 Å². The number of hydrogen-bond donors (Lipinski definition) is 2. The lowest BCUT2D eigenvalue weighted by Crippen LogP contribution is -2.50. The fourth-order valence-corrected chi connectivity index (χ4v) is 2.25. The molecule has 0 aromatic heterocycles. The van der Waals surface area contributed by atoms with Gasteiger partial charge in [-0.15, -0.1) is 0 Å². The van der Waals surface area contributed by atoms with E-state index in [1.54, 1.807) is 24.0 Å². The van der Waals surface area contributed by atoms with Crippen LogP contribution in [0, 0.1) is 0 Å². The van der Waals surface area contributed by atoms with Gasteiger partial charge in [-0.3, -0.25) is 9.59 Å². The Bertz CT molecular complexity index is 544. The molecular formula is C14H18ClN3O3. The van der Waals surface area contributed by atoms with E-state index >= 15 is 0 Å². The van der Waals surface area contributed by atoms with E-state index in [1.165, 1.54) is 6.07 Å². The lowest BCUT2D eigenvalue weighted by atomic mass is 10.1. The summed E-state index contributed by atoms with van der Waals surface area (Å²) in [4.78, 5) is 26.0. The van der Waals surface area contributed by atoms with Crippen molar-refractivity contribution in [2.45, 2.75) is 13.0 Å². The summed E-state index contributed by atoms with van der Waals surface area (Å²) >= 11 is 5.88. The number of morpholine rings is 1. The van der Waals surface area contributed by atoms with Crippen molar-refractivity contribution in [3.05, 3.63) is 28.8 Å². The van der Waals surface area contributed by atoms with Crippen LogP contribution in [0.15, 0.2) is 18.2 Å². The van der Waals surface area contributed by atoms with Crippen molar-refractivity contribution in [2.75, 3.05) is 32.0 Å². The van der Waals surface area contributed by atoms with Gasteiger partial charge in [-0.1, -0.05) is 11.6 Å². The Kier molecular flexibility index (Phi) is 5.03. The first kappa shape index (κ1) is 15.6. The van der Waals surface area contributed by atoms with E-state index in [0.29, 0.717) is 42.6 Å². The molecule has 21 heavy (non-hydrogen) atoms. The first-order valence-corrected chi connectivity index (χ1v) is 7.09. The molecule has 1 saturated heterocycles. The average Bonchev–Trinajstić information content (AvgIpc) is 2.50. The molecule has 2 amide bonds. The van der Waals surface area contributed by atoms with E-state index in [9.17, 15) is 9.59 Å². The molecule has 1 unspecified atom stereocenters. The number of rotatable bonds is 3. The van der Waals surface area contributed by atoms with Crippen molar-refractivity contribution in [1.82, 2.24) is 10.2 Å². The van der Waals surface area contributed by atoms with Crippen molar-refractivity contribution in [3.63, 3.8) is 0 Å². The highest BCUT2D eigenvalue weighted by atomic mass is 35.5. The number of carbonyl (C=O) groups is 2. The number of carbonyl (C=O) groups excluding carboxylic acids is 2. The highest BCUT2D eigenvalue weighted by Gasteiger charge is 2.24. The molecule has 1 aromatic rings. The van der Waals surface area contributed by atoms with E-state index in [2.05, 4.69) is 5.32 Å². The van der Waals surface area contributed by atoms with Gasteiger partial charge in [0.25, 0.3) is 5.91 Å². The summed E-state index contributed by atoms with van der Waals surface area (Å²) in [6.45, 7) is 3.81. The van der Waals surface area contributed by atoms with Crippen LogP contribution in [-0.2, 0) is 9.53 Å². The molecule has 114 valence electrons. The van der Waals surface area contributed by atoms with Crippen molar-refractivity contribution in [3.8, 4) is 0 Å². The van der Waals surface area contributed by atoms with Crippen LogP contribution >= 0.6 is 11.6 Å². The van der Waals surface area contributed by atoms with Gasteiger partial charge in [-0.05, 0) is 25.1 Å². The Balaban J connectivity index is 1.97. The number of ether oxygens (including phenoxy) is 1. The Morgan fingerprint density at radius 1 is 1.38 bits per heavy atom. The summed E-state index contributed by atoms with van der Waals surface area (Å²) in [5.74, 6) is -0.473. The maximum atomic E-state index is 12.2. The molecule has 0 aliphatic carbocycles. The minimum atomic E-state index is -0.605. The van der Waals surface area contributed by atoms with Gasteiger partial charge in [-0.2, -0.15) is 0 Å². The molecule has 0 saturated carbocycles. The van der Waals surface area contributed by atoms with Crippen molar-refractivity contribution in [2.24, 2.45) is 0 Å². The quantitative estimate of drug-likeness (QED) is 0.812. The van der Waals surface area contributed by atoms with Gasteiger partial charge in [0.05, 0.1) is 23.9 Å². The summed E-state index contributed by atoms with van der Waals surface area (Å²) in [7, 11) is 0. The van der Waals surface area contributed by atoms with Gasteiger partial charge >= 0.3 is 0 Å². The van der Waals surface area contributed by atoms with Crippen LogP contribution in [0.4, 0.5) is 5.69 Å². The SMILES string of the molecule is CC(NC(=O)c1ccc(N)c(Cl)c1)C(=O)N1CCOCC1. The molecule has 2 rings (SSSR count). The summed E-state index contributed by atoms with van der Waals surface area (Å²) in [5.41, 5.74) is 6.38. The molecule has 0 radical (unpaired) electrons. The summed E-state index contributed by atoms with van der Waals surface area (Å²) < 4.78 is 5.20. The minimum Gasteiger partial charge on any atom is -0.398 e. The molecule has 0 spiro atoms. The third-order valence-corrected chi connectivity index (χ3v) is 3.63. The second kappa shape index (κ2) is 6.78. The van der Waals surface area contributed by atoms with Gasteiger partial charge in [0.2, 0.25) is 5.91 Å². The molecule has 7 heteroatoms. The molecule has 6 nitrogen and oxygen atoms in total. The van der Waals surface area contributed by atoms with Crippen LogP contribution in [0.2, 0.25) is 5.02 Å². The number of halogens is 1. The molecule has 1 fully saturated rings. The van der Waals surface area contributed by atoms with E-state index in [1.807, 2.05) is 0 Å². The van der Waals surface area contributed by atoms with Crippen LogP contribution in [-0.4, -0.2) is 49.1 Å². The molecule has 1 atom stereocenters. The molecule has 1 aromatic carbocycles. The summed E-state index contributed by atoms with van der Waals surface area (Å²) in [6.07, 6.45) is 0. The molecule has 1 aliphatic heterocycles. The molecule has 1 heterocycles. The van der Waals surface area contributed by atoms with Crippen molar-refractivity contribution in [1.29, 1.82) is 0 Å². The minimum absolute atomic E-state index is 0.117. The van der Waals surface area contributed by atoms with Gasteiger partial charge in [0, 0.05) is 18.7 Å². The zero-order chi connectivity index (χ0) is 15.4. The van der Waals surface area contributed by atoms with Crippen LogP contribution in [0.1, 0.15) is 17.3 Å². The zero-order valence-electron chi connectivity index (χ0n) is 11.8. The number of anilines is 1. The van der Waals surface area contributed by atoms with E-state index < -0.39 is 6.04 Å². The Labute approximate surface area is 128 Å². The third-order valence-electron chi connectivity index (χ3n) is 3.30. The fraction of sp³-hybridized carbons (Fsp3) is 0.429. The predicted octanol–water partition coefficient (Wildman–Crippen LogP) is 0.899. The second-order valence-electron chi connectivity index (χ2n) is 4.87. The van der Waals surface area contributed by atoms with Crippen LogP contribution in [0.25, 0.3) is 0 Å². The Hall–Kier alpha value is -1.79. The van der Waals surface area contributed by atoms with E-state index in [-0.39, 0.29) is 11.8 Å². The number of nitrogen functional groups attached to an aromatic ring is 1. The van der Waals surface area contributed by atoms with Crippen molar-refractivity contribution < 1.29 is 14.3 Å². The number of nitrogens with one attached hydrogen (secondary N) is 1. The lowest BCUT2D eigenvalue weighted by molar-refractivity contribution is -0.136. The van der Waals surface area contributed by atoms with E-state index in [0.717, 1.165) is 0 Å². The fourth-order valence-electron chi connectivity index (χ4n) is 2.07. The standard InChI is InChI=1S/C14H18ClN3O3/c1-9(14(20)18-4-6-21-7-5-18)17-13(19)10-2-3-12(16)11(15)8-10/h2-3,8-9H,4-7,16H2,1H3,(H,17,19). The topological polar surface area (TPSA) is 84.7 Å². The normalized spacial score (nSPS) is 16.4. The third kappa shape index (κ3) is 3.86. The maximum Gasteiger partial charge on any atom is 0.251 e. The molecule has 3 N–H and O–H groups in total. The first-order chi connectivity index (χ1) is 9.99. The van der Waals surface area contributed by atoms with E-state index in [4.69, 9.17) is 22.1 Å². The molecular weight excluding hydrogens is 294 g/mol. The Morgan fingerprint density at radius 2 is 2.05 bits per heavy atom. The summed E-state index contributed by atoms with van der Waals surface area (Å²) in [6, 6.07) is 4.01.